The highest BCUT2D eigenvalue weighted by Crippen LogP contribution is 2.47. The van der Waals surface area contributed by atoms with Crippen LogP contribution in [0, 0.1) is 0 Å². The van der Waals surface area contributed by atoms with E-state index in [9.17, 15) is 5.11 Å². The minimum atomic E-state index is -0.316. The van der Waals surface area contributed by atoms with Crippen molar-refractivity contribution in [3.63, 3.8) is 0 Å². The largest absolute Gasteiger partial charge is 0.386 e. The Kier molecular flexibility index (Phi) is 5.36. The van der Waals surface area contributed by atoms with E-state index >= 15 is 0 Å². The summed E-state index contributed by atoms with van der Waals surface area (Å²) in [5, 5.41) is 11.9. The number of hydrogen-bond acceptors (Lipinski definition) is 1. The Morgan fingerprint density at radius 1 is 1.20 bits per heavy atom. The zero-order valence-electron chi connectivity index (χ0n) is 12.3. The Labute approximate surface area is 131 Å². The van der Waals surface area contributed by atoms with E-state index in [1.165, 1.54) is 11.3 Å². The highest BCUT2D eigenvalue weighted by molar-refractivity contribution is 6.42. The van der Waals surface area contributed by atoms with E-state index in [2.05, 4.69) is 13.8 Å². The molecule has 4 heteroatoms. The van der Waals surface area contributed by atoms with Crippen LogP contribution < -0.4 is 4.90 Å². The van der Waals surface area contributed by atoms with Gasteiger partial charge < -0.3 is 10.0 Å². The van der Waals surface area contributed by atoms with Crippen molar-refractivity contribution in [3.8, 4) is 0 Å². The zero-order valence-corrected chi connectivity index (χ0v) is 13.8. The van der Waals surface area contributed by atoms with Gasteiger partial charge in [-0.1, -0.05) is 35.7 Å². The normalized spacial score (nSPS) is 18.9. The van der Waals surface area contributed by atoms with Crippen LogP contribution in [0.5, 0.6) is 0 Å². The van der Waals surface area contributed by atoms with Gasteiger partial charge in [-0.2, -0.15) is 0 Å². The minimum Gasteiger partial charge on any atom is -0.386 e. The van der Waals surface area contributed by atoms with Crippen molar-refractivity contribution in [2.75, 3.05) is 19.6 Å². The molecule has 0 heterocycles. The summed E-state index contributed by atoms with van der Waals surface area (Å²) in [6, 6.07) is 5.80. The monoisotopic (exact) mass is 316 g/mol. The molecule has 20 heavy (non-hydrogen) atoms. The number of nitrogens with one attached hydrogen (secondary N) is 1. The van der Waals surface area contributed by atoms with E-state index < -0.39 is 0 Å². The second kappa shape index (κ2) is 6.65. The van der Waals surface area contributed by atoms with Gasteiger partial charge >= 0.3 is 0 Å². The van der Waals surface area contributed by atoms with Crippen molar-refractivity contribution in [2.45, 2.75) is 44.6 Å². The van der Waals surface area contributed by atoms with Crippen LogP contribution in [0.2, 0.25) is 10.0 Å². The highest BCUT2D eigenvalue weighted by atomic mass is 35.5. The number of hydrogen-bond donors (Lipinski definition) is 2. The molecule has 0 aromatic heterocycles. The number of quaternary nitrogens is 1. The van der Waals surface area contributed by atoms with E-state index in [-0.39, 0.29) is 11.5 Å². The smallest absolute Gasteiger partial charge is 0.112 e. The first kappa shape index (κ1) is 16.1. The van der Waals surface area contributed by atoms with E-state index in [4.69, 9.17) is 23.2 Å². The molecule has 2 nitrogen and oxygen atoms in total. The summed E-state index contributed by atoms with van der Waals surface area (Å²) in [5.41, 5.74) is 1.02. The van der Waals surface area contributed by atoms with Gasteiger partial charge in [0.2, 0.25) is 0 Å². The van der Waals surface area contributed by atoms with Crippen LogP contribution in [-0.2, 0) is 5.41 Å². The first-order valence-electron chi connectivity index (χ1n) is 7.50. The van der Waals surface area contributed by atoms with Gasteiger partial charge in [0.15, 0.2) is 0 Å². The standard InChI is InChI=1S/C16H23Cl2NO/c1-3-19(4-2)11-15(20)16(8-5-9-16)12-6-7-13(17)14(18)10-12/h6-7,10,15,20H,3-5,8-9,11H2,1-2H3/p+1. The Morgan fingerprint density at radius 2 is 1.85 bits per heavy atom. The molecule has 2 N–H and O–H groups in total. The Hall–Kier alpha value is -0.280. The fraction of sp³-hybridized carbons (Fsp3) is 0.625. The lowest BCUT2D eigenvalue weighted by atomic mass is 9.61. The van der Waals surface area contributed by atoms with Crippen molar-refractivity contribution in [3.05, 3.63) is 33.8 Å². The Balaban J connectivity index is 2.22. The highest BCUT2D eigenvalue weighted by Gasteiger charge is 2.46. The lowest BCUT2D eigenvalue weighted by molar-refractivity contribution is -0.900. The Morgan fingerprint density at radius 3 is 2.30 bits per heavy atom. The topological polar surface area (TPSA) is 24.7 Å². The fourth-order valence-corrected chi connectivity index (χ4v) is 3.48. The quantitative estimate of drug-likeness (QED) is 0.828. The number of aliphatic hydroxyl groups excluding tert-OH is 1. The lowest BCUT2D eigenvalue weighted by Gasteiger charge is -2.46. The molecule has 0 spiro atoms. The zero-order chi connectivity index (χ0) is 14.8. The fourth-order valence-electron chi connectivity index (χ4n) is 3.19. The van der Waals surface area contributed by atoms with Crippen LogP contribution in [0.4, 0.5) is 0 Å². The maximum atomic E-state index is 10.8. The van der Waals surface area contributed by atoms with Crippen LogP contribution in [0.25, 0.3) is 0 Å². The average Bonchev–Trinajstić information content (AvgIpc) is 2.38. The molecule has 1 aromatic carbocycles. The second-order valence-corrected chi connectivity index (χ2v) is 6.63. The minimum absolute atomic E-state index is 0.121. The van der Waals surface area contributed by atoms with Crippen LogP contribution in [0.3, 0.4) is 0 Å². The number of rotatable bonds is 6. The second-order valence-electron chi connectivity index (χ2n) is 5.82. The van der Waals surface area contributed by atoms with Crippen LogP contribution in [-0.4, -0.2) is 30.8 Å². The van der Waals surface area contributed by atoms with Crippen molar-refractivity contribution in [1.82, 2.24) is 0 Å². The molecular formula is C16H24Cl2NO+. The van der Waals surface area contributed by atoms with Crippen molar-refractivity contribution in [2.24, 2.45) is 0 Å². The molecule has 1 unspecified atom stereocenters. The molecule has 0 aliphatic heterocycles. The SMILES string of the molecule is CC[NH+](CC)CC(O)C1(c2ccc(Cl)c(Cl)c2)CCC1. The van der Waals surface area contributed by atoms with Gasteiger partial charge in [-0.3, -0.25) is 0 Å². The van der Waals surface area contributed by atoms with Gasteiger partial charge in [-0.25, -0.2) is 0 Å². The predicted molar refractivity (Wildman–Crippen MR) is 84.9 cm³/mol. The molecule has 1 saturated carbocycles. The molecule has 1 aromatic rings. The first-order valence-corrected chi connectivity index (χ1v) is 8.26. The predicted octanol–water partition coefficient (Wildman–Crippen LogP) is 2.70. The lowest BCUT2D eigenvalue weighted by Crippen LogP contribution is -3.12. The molecule has 1 atom stereocenters. The van der Waals surface area contributed by atoms with Gasteiger partial charge in [-0.05, 0) is 44.4 Å². The molecule has 0 saturated heterocycles. The van der Waals surface area contributed by atoms with Gasteiger partial charge in [0.1, 0.15) is 12.6 Å². The van der Waals surface area contributed by atoms with Crippen molar-refractivity contribution < 1.29 is 10.0 Å². The van der Waals surface area contributed by atoms with E-state index in [1.807, 2.05) is 18.2 Å². The van der Waals surface area contributed by atoms with E-state index in [1.54, 1.807) is 0 Å². The van der Waals surface area contributed by atoms with Crippen LogP contribution in [0.15, 0.2) is 18.2 Å². The summed E-state index contributed by atoms with van der Waals surface area (Å²) in [5.74, 6) is 0. The van der Waals surface area contributed by atoms with Gasteiger partial charge in [0, 0.05) is 5.41 Å². The average molecular weight is 317 g/mol. The summed E-state index contributed by atoms with van der Waals surface area (Å²) in [4.78, 5) is 1.43. The number of aliphatic hydroxyl groups is 1. The molecule has 0 amide bonds. The van der Waals surface area contributed by atoms with Crippen LogP contribution in [0.1, 0.15) is 38.7 Å². The third-order valence-electron chi connectivity index (χ3n) is 4.86. The number of halogens is 2. The summed E-state index contributed by atoms with van der Waals surface area (Å²) < 4.78 is 0. The summed E-state index contributed by atoms with van der Waals surface area (Å²) in [6.07, 6.45) is 2.92. The molecule has 0 bridgehead atoms. The third kappa shape index (κ3) is 2.99. The first-order chi connectivity index (χ1) is 9.53. The van der Waals surface area contributed by atoms with Crippen molar-refractivity contribution >= 4 is 23.2 Å². The van der Waals surface area contributed by atoms with E-state index in [0.717, 1.165) is 38.0 Å². The Bertz CT molecular complexity index is 456. The molecule has 1 aliphatic rings. The maximum Gasteiger partial charge on any atom is 0.112 e. The van der Waals surface area contributed by atoms with Crippen molar-refractivity contribution in [1.29, 1.82) is 0 Å². The molecule has 0 radical (unpaired) electrons. The number of likely N-dealkylation sites (N-methyl/N-ethyl adjacent to an activating group) is 1. The molecule has 112 valence electrons. The molecule has 1 aliphatic carbocycles. The van der Waals surface area contributed by atoms with Gasteiger partial charge in [0.05, 0.1) is 23.1 Å². The van der Waals surface area contributed by atoms with Gasteiger partial charge in [-0.15, -0.1) is 0 Å². The molecule has 2 rings (SSSR count). The molecular weight excluding hydrogens is 293 g/mol. The van der Waals surface area contributed by atoms with Crippen LogP contribution >= 0.6 is 23.2 Å². The van der Waals surface area contributed by atoms with E-state index in [0.29, 0.717) is 10.0 Å². The maximum absolute atomic E-state index is 10.8. The van der Waals surface area contributed by atoms with Gasteiger partial charge in [0.25, 0.3) is 0 Å². The third-order valence-corrected chi connectivity index (χ3v) is 5.60. The molecule has 1 fully saturated rings. The summed E-state index contributed by atoms with van der Waals surface area (Å²) >= 11 is 12.1. The summed E-state index contributed by atoms with van der Waals surface area (Å²) in [6.45, 7) is 7.22. The summed E-state index contributed by atoms with van der Waals surface area (Å²) in [7, 11) is 0. The number of benzene rings is 1.